The van der Waals surface area contributed by atoms with Crippen LogP contribution in [0.4, 0.5) is 11.4 Å². The third-order valence-electron chi connectivity index (χ3n) is 4.15. The lowest BCUT2D eigenvalue weighted by atomic mass is 10.1. The van der Waals surface area contributed by atoms with Gasteiger partial charge in [0.15, 0.2) is 11.5 Å². The van der Waals surface area contributed by atoms with Gasteiger partial charge in [0.25, 0.3) is 0 Å². The quantitative estimate of drug-likeness (QED) is 0.595. The van der Waals surface area contributed by atoms with Gasteiger partial charge >= 0.3 is 0 Å². The zero-order valence-corrected chi connectivity index (χ0v) is 14.0. The summed E-state index contributed by atoms with van der Waals surface area (Å²) in [7, 11) is 3.25. The molecule has 0 unspecified atom stereocenters. The van der Waals surface area contributed by atoms with Gasteiger partial charge in [0.05, 0.1) is 30.9 Å². The zero-order chi connectivity index (χ0) is 17.2. The molecule has 4 aromatic rings. The molecular weight excluding hydrogens is 314 g/mol. The number of hydrogen-bond donors (Lipinski definition) is 1. The number of pyridine rings is 2. The summed E-state index contributed by atoms with van der Waals surface area (Å²) in [5.74, 6) is 1.33. The van der Waals surface area contributed by atoms with E-state index in [1.807, 2.05) is 48.5 Å². The van der Waals surface area contributed by atoms with Gasteiger partial charge < -0.3 is 14.8 Å². The van der Waals surface area contributed by atoms with Gasteiger partial charge in [-0.25, -0.2) is 0 Å². The van der Waals surface area contributed by atoms with Crippen molar-refractivity contribution in [1.29, 1.82) is 0 Å². The normalized spacial score (nSPS) is 10.8. The minimum absolute atomic E-state index is 0.659. The number of nitrogens with one attached hydrogen (secondary N) is 1. The van der Waals surface area contributed by atoms with E-state index in [2.05, 4.69) is 15.3 Å². The van der Waals surface area contributed by atoms with E-state index in [0.717, 1.165) is 33.2 Å². The van der Waals surface area contributed by atoms with E-state index in [4.69, 9.17) is 9.47 Å². The molecular formula is C20H17N3O2. The fourth-order valence-corrected chi connectivity index (χ4v) is 2.93. The summed E-state index contributed by atoms with van der Waals surface area (Å²) in [5, 5.41) is 5.52. The number of fused-ring (bicyclic) bond motifs is 2. The van der Waals surface area contributed by atoms with E-state index in [1.54, 1.807) is 26.6 Å². The summed E-state index contributed by atoms with van der Waals surface area (Å²) in [6.45, 7) is 0. The van der Waals surface area contributed by atoms with E-state index in [1.165, 1.54) is 0 Å². The highest BCUT2D eigenvalue weighted by atomic mass is 16.5. The summed E-state index contributed by atoms with van der Waals surface area (Å²) in [5.41, 5.74) is 3.63. The molecule has 0 spiro atoms. The minimum Gasteiger partial charge on any atom is -0.493 e. The molecule has 2 heterocycles. The molecule has 0 fully saturated rings. The van der Waals surface area contributed by atoms with Crippen LogP contribution in [0.15, 0.2) is 60.9 Å². The Balaban J connectivity index is 1.86. The number of aromatic nitrogens is 2. The van der Waals surface area contributed by atoms with Crippen LogP contribution in [0.2, 0.25) is 0 Å². The smallest absolute Gasteiger partial charge is 0.162 e. The number of methoxy groups -OCH3 is 2. The first-order valence-corrected chi connectivity index (χ1v) is 7.91. The molecule has 5 nitrogen and oxygen atoms in total. The predicted molar refractivity (Wildman–Crippen MR) is 99.9 cm³/mol. The van der Waals surface area contributed by atoms with Crippen LogP contribution < -0.4 is 14.8 Å². The van der Waals surface area contributed by atoms with Crippen molar-refractivity contribution in [1.82, 2.24) is 9.97 Å². The van der Waals surface area contributed by atoms with Crippen LogP contribution >= 0.6 is 0 Å². The Hall–Kier alpha value is -3.34. The molecule has 0 aliphatic carbocycles. The summed E-state index contributed by atoms with van der Waals surface area (Å²) >= 11 is 0. The van der Waals surface area contributed by atoms with Crippen LogP contribution in [0, 0.1) is 0 Å². The molecule has 2 aromatic carbocycles. The lowest BCUT2D eigenvalue weighted by Crippen LogP contribution is -1.96. The van der Waals surface area contributed by atoms with Crippen LogP contribution in [-0.2, 0) is 0 Å². The Morgan fingerprint density at radius 1 is 0.800 bits per heavy atom. The van der Waals surface area contributed by atoms with Gasteiger partial charge in [0.1, 0.15) is 0 Å². The van der Waals surface area contributed by atoms with E-state index in [9.17, 15) is 0 Å². The molecule has 2 aromatic heterocycles. The van der Waals surface area contributed by atoms with E-state index in [0.29, 0.717) is 11.5 Å². The number of hydrogen-bond acceptors (Lipinski definition) is 5. The fourth-order valence-electron chi connectivity index (χ4n) is 2.93. The van der Waals surface area contributed by atoms with Gasteiger partial charge in [-0.05, 0) is 24.3 Å². The molecule has 0 radical (unpaired) electrons. The largest absolute Gasteiger partial charge is 0.493 e. The van der Waals surface area contributed by atoms with E-state index in [-0.39, 0.29) is 0 Å². The Kier molecular flexibility index (Phi) is 3.82. The monoisotopic (exact) mass is 331 g/mol. The first-order valence-electron chi connectivity index (χ1n) is 7.91. The highest BCUT2D eigenvalue weighted by molar-refractivity contribution is 5.98. The standard InChI is InChI=1S/C20H17N3O2/c1-24-18-11-14-15(8-10-21-17(14)12-19(18)25-2)23-16-7-3-5-13-6-4-9-22-20(13)16/h3-12H,1-2H3,(H,21,23). The molecule has 25 heavy (non-hydrogen) atoms. The van der Waals surface area contributed by atoms with Crippen LogP contribution in [0.25, 0.3) is 21.8 Å². The van der Waals surface area contributed by atoms with Crippen LogP contribution in [-0.4, -0.2) is 24.2 Å². The maximum absolute atomic E-state index is 5.43. The maximum Gasteiger partial charge on any atom is 0.162 e. The fraction of sp³-hybridized carbons (Fsp3) is 0.100. The summed E-state index contributed by atoms with van der Waals surface area (Å²) < 4.78 is 10.8. The van der Waals surface area contributed by atoms with Crippen molar-refractivity contribution < 1.29 is 9.47 Å². The lowest BCUT2D eigenvalue weighted by Gasteiger charge is -2.13. The van der Waals surface area contributed by atoms with Gasteiger partial charge in [0.2, 0.25) is 0 Å². The topological polar surface area (TPSA) is 56.3 Å². The zero-order valence-electron chi connectivity index (χ0n) is 14.0. The molecule has 0 aliphatic heterocycles. The number of anilines is 2. The molecule has 0 aliphatic rings. The molecule has 124 valence electrons. The highest BCUT2D eigenvalue weighted by Gasteiger charge is 2.11. The number of benzene rings is 2. The van der Waals surface area contributed by atoms with Gasteiger partial charge in [0, 0.05) is 34.9 Å². The second-order valence-electron chi connectivity index (χ2n) is 5.59. The van der Waals surface area contributed by atoms with E-state index < -0.39 is 0 Å². The maximum atomic E-state index is 5.43. The molecule has 1 N–H and O–H groups in total. The second-order valence-corrected chi connectivity index (χ2v) is 5.59. The molecule has 5 heteroatoms. The van der Waals surface area contributed by atoms with Gasteiger partial charge in [-0.1, -0.05) is 18.2 Å². The average Bonchev–Trinajstić information content (AvgIpc) is 2.67. The summed E-state index contributed by atoms with van der Waals surface area (Å²) in [6, 6.07) is 15.8. The van der Waals surface area contributed by atoms with Crippen LogP contribution in [0.3, 0.4) is 0 Å². The van der Waals surface area contributed by atoms with Crippen molar-refractivity contribution in [3.63, 3.8) is 0 Å². The van der Waals surface area contributed by atoms with Crippen molar-refractivity contribution in [3.8, 4) is 11.5 Å². The predicted octanol–water partition coefficient (Wildman–Crippen LogP) is 4.54. The van der Waals surface area contributed by atoms with Gasteiger partial charge in [-0.15, -0.1) is 0 Å². The number of nitrogens with zero attached hydrogens (tertiary/aromatic N) is 2. The van der Waals surface area contributed by atoms with Gasteiger partial charge in [-0.2, -0.15) is 0 Å². The number of para-hydroxylation sites is 1. The molecule has 0 saturated heterocycles. The first kappa shape index (κ1) is 15.2. The first-order chi connectivity index (χ1) is 12.3. The average molecular weight is 331 g/mol. The molecule has 0 saturated carbocycles. The Morgan fingerprint density at radius 3 is 2.44 bits per heavy atom. The third-order valence-corrected chi connectivity index (χ3v) is 4.15. The van der Waals surface area contributed by atoms with Crippen molar-refractivity contribution >= 4 is 33.2 Å². The second kappa shape index (κ2) is 6.28. The third kappa shape index (κ3) is 2.70. The summed E-state index contributed by atoms with van der Waals surface area (Å²) in [4.78, 5) is 8.93. The molecule has 0 amide bonds. The Labute approximate surface area is 145 Å². The Bertz CT molecular complexity index is 1060. The van der Waals surface area contributed by atoms with Crippen molar-refractivity contribution in [2.24, 2.45) is 0 Å². The Morgan fingerprint density at radius 2 is 1.60 bits per heavy atom. The molecule has 4 rings (SSSR count). The summed E-state index contributed by atoms with van der Waals surface area (Å²) in [6.07, 6.45) is 3.57. The van der Waals surface area contributed by atoms with Crippen molar-refractivity contribution in [2.45, 2.75) is 0 Å². The van der Waals surface area contributed by atoms with Crippen LogP contribution in [0.5, 0.6) is 11.5 Å². The van der Waals surface area contributed by atoms with Crippen molar-refractivity contribution in [2.75, 3.05) is 19.5 Å². The SMILES string of the molecule is COc1cc2nccc(Nc3cccc4cccnc34)c2cc1OC. The van der Waals surface area contributed by atoms with E-state index >= 15 is 0 Å². The highest BCUT2D eigenvalue weighted by Crippen LogP contribution is 2.36. The minimum atomic E-state index is 0.659. The lowest BCUT2D eigenvalue weighted by molar-refractivity contribution is 0.356. The van der Waals surface area contributed by atoms with Crippen LogP contribution in [0.1, 0.15) is 0 Å². The van der Waals surface area contributed by atoms with Crippen molar-refractivity contribution in [3.05, 3.63) is 60.9 Å². The molecule has 0 atom stereocenters. The van der Waals surface area contributed by atoms with Gasteiger partial charge in [-0.3, -0.25) is 9.97 Å². The number of ether oxygens (including phenoxy) is 2. The number of rotatable bonds is 4. The molecule has 0 bridgehead atoms.